The van der Waals surface area contributed by atoms with E-state index in [1.807, 2.05) is 6.92 Å². The van der Waals surface area contributed by atoms with Gasteiger partial charge in [-0.25, -0.2) is 0 Å². The summed E-state index contributed by atoms with van der Waals surface area (Å²) in [5, 5.41) is 12.5. The van der Waals surface area contributed by atoms with E-state index in [9.17, 15) is 5.11 Å². The van der Waals surface area contributed by atoms with Crippen LogP contribution >= 0.6 is 0 Å². The van der Waals surface area contributed by atoms with E-state index in [1.165, 1.54) is 11.1 Å². The van der Waals surface area contributed by atoms with Gasteiger partial charge in [-0.2, -0.15) is 0 Å². The first-order chi connectivity index (χ1) is 8.88. The van der Waals surface area contributed by atoms with Gasteiger partial charge in [-0.05, 0) is 36.1 Å². The molecular formula is C16H27NO2. The molecule has 3 nitrogen and oxygen atoms in total. The average molecular weight is 265 g/mol. The number of hydrogen-bond acceptors (Lipinski definition) is 3. The first kappa shape index (κ1) is 16.0. The number of aryl methyl sites for hydroxylation is 1. The Balaban J connectivity index is 2.84. The highest BCUT2D eigenvalue weighted by Crippen LogP contribution is 2.32. The molecule has 19 heavy (non-hydrogen) atoms. The Morgan fingerprint density at radius 2 is 2.00 bits per heavy atom. The lowest BCUT2D eigenvalue weighted by molar-refractivity contribution is 0.183. The van der Waals surface area contributed by atoms with Crippen molar-refractivity contribution >= 4 is 0 Å². The third-order valence-corrected chi connectivity index (χ3v) is 3.10. The largest absolute Gasteiger partial charge is 0.492 e. The molecule has 0 aliphatic carbocycles. The average Bonchev–Trinajstić information content (AvgIpc) is 2.33. The second kappa shape index (κ2) is 6.92. The number of ether oxygens (including phenoxy) is 1. The predicted octanol–water partition coefficient (Wildman–Crippen LogP) is 2.64. The van der Waals surface area contributed by atoms with Gasteiger partial charge in [-0.15, -0.1) is 0 Å². The van der Waals surface area contributed by atoms with Crippen molar-refractivity contribution in [3.8, 4) is 5.75 Å². The molecule has 0 saturated heterocycles. The Hall–Kier alpha value is -1.06. The van der Waals surface area contributed by atoms with Crippen LogP contribution in [0.5, 0.6) is 5.75 Å². The molecule has 1 aromatic rings. The third-order valence-electron chi connectivity index (χ3n) is 3.10. The molecule has 0 aromatic heterocycles. The molecule has 1 atom stereocenters. The molecule has 1 aromatic carbocycles. The zero-order valence-electron chi connectivity index (χ0n) is 12.8. The maximum Gasteiger partial charge on any atom is 0.123 e. The fraction of sp³-hybridized carbons (Fsp3) is 0.625. The molecule has 0 radical (unpaired) electrons. The molecule has 2 N–H and O–H groups in total. The second-order valence-corrected chi connectivity index (χ2v) is 6.00. The Morgan fingerprint density at radius 1 is 1.32 bits per heavy atom. The SMILES string of the molecule is CCNC(CO)COc1cc(C)ccc1C(C)(C)C. The highest BCUT2D eigenvalue weighted by Gasteiger charge is 2.19. The number of hydrogen-bond donors (Lipinski definition) is 2. The van der Waals surface area contributed by atoms with E-state index >= 15 is 0 Å². The summed E-state index contributed by atoms with van der Waals surface area (Å²) in [5.41, 5.74) is 2.44. The first-order valence-corrected chi connectivity index (χ1v) is 6.96. The van der Waals surface area contributed by atoms with E-state index in [1.54, 1.807) is 0 Å². The highest BCUT2D eigenvalue weighted by atomic mass is 16.5. The number of benzene rings is 1. The van der Waals surface area contributed by atoms with Crippen molar-refractivity contribution in [3.05, 3.63) is 29.3 Å². The molecule has 0 amide bonds. The quantitative estimate of drug-likeness (QED) is 0.831. The molecule has 1 unspecified atom stereocenters. The Labute approximate surface area is 117 Å². The van der Waals surface area contributed by atoms with E-state index in [0.29, 0.717) is 6.61 Å². The highest BCUT2D eigenvalue weighted by molar-refractivity contribution is 5.41. The van der Waals surface area contributed by atoms with Gasteiger partial charge < -0.3 is 15.2 Å². The molecule has 0 spiro atoms. The Bertz CT molecular complexity index is 396. The summed E-state index contributed by atoms with van der Waals surface area (Å²) in [7, 11) is 0. The number of aliphatic hydroxyl groups is 1. The van der Waals surface area contributed by atoms with Crippen LogP contribution in [-0.4, -0.2) is 30.9 Å². The lowest BCUT2D eigenvalue weighted by atomic mass is 9.86. The summed E-state index contributed by atoms with van der Waals surface area (Å²) < 4.78 is 5.93. The maximum absolute atomic E-state index is 9.28. The van der Waals surface area contributed by atoms with Crippen molar-refractivity contribution in [1.82, 2.24) is 5.32 Å². The van der Waals surface area contributed by atoms with Gasteiger partial charge in [0.1, 0.15) is 12.4 Å². The van der Waals surface area contributed by atoms with Gasteiger partial charge in [-0.3, -0.25) is 0 Å². The minimum atomic E-state index is -0.0154. The molecule has 0 saturated carbocycles. The summed E-state index contributed by atoms with van der Waals surface area (Å²) in [4.78, 5) is 0. The fourth-order valence-corrected chi connectivity index (χ4v) is 2.02. The van der Waals surface area contributed by atoms with Gasteiger partial charge in [0.05, 0.1) is 12.6 Å². The van der Waals surface area contributed by atoms with E-state index in [4.69, 9.17) is 4.74 Å². The lowest BCUT2D eigenvalue weighted by Crippen LogP contribution is -2.37. The van der Waals surface area contributed by atoms with Crippen LogP contribution < -0.4 is 10.1 Å². The minimum Gasteiger partial charge on any atom is -0.492 e. The van der Waals surface area contributed by atoms with E-state index in [-0.39, 0.29) is 18.1 Å². The van der Waals surface area contributed by atoms with Crippen LogP contribution in [0.1, 0.15) is 38.8 Å². The Morgan fingerprint density at radius 3 is 2.53 bits per heavy atom. The summed E-state index contributed by atoms with van der Waals surface area (Å²) in [6, 6.07) is 6.30. The number of aliphatic hydroxyl groups excluding tert-OH is 1. The second-order valence-electron chi connectivity index (χ2n) is 6.00. The van der Waals surface area contributed by atoms with E-state index < -0.39 is 0 Å². The number of likely N-dealkylation sites (N-methyl/N-ethyl adjacent to an activating group) is 1. The predicted molar refractivity (Wildman–Crippen MR) is 79.9 cm³/mol. The topological polar surface area (TPSA) is 41.5 Å². The molecule has 0 bridgehead atoms. The van der Waals surface area contributed by atoms with Gasteiger partial charge in [-0.1, -0.05) is 39.8 Å². The monoisotopic (exact) mass is 265 g/mol. The number of nitrogens with one attached hydrogen (secondary N) is 1. The molecule has 0 heterocycles. The van der Waals surface area contributed by atoms with Gasteiger partial charge in [0.15, 0.2) is 0 Å². The Kier molecular flexibility index (Phi) is 5.83. The fourth-order valence-electron chi connectivity index (χ4n) is 2.02. The smallest absolute Gasteiger partial charge is 0.123 e. The van der Waals surface area contributed by atoms with Crippen LogP contribution in [0.2, 0.25) is 0 Å². The standard InChI is InChI=1S/C16H27NO2/c1-6-17-13(10-18)11-19-15-9-12(2)7-8-14(15)16(3,4)5/h7-9,13,17-18H,6,10-11H2,1-5H3. The molecular weight excluding hydrogens is 238 g/mol. The lowest BCUT2D eigenvalue weighted by Gasteiger charge is -2.24. The minimum absolute atomic E-state index is 0.0154. The van der Waals surface area contributed by atoms with Crippen LogP contribution in [0, 0.1) is 6.92 Å². The van der Waals surface area contributed by atoms with Gasteiger partial charge in [0.2, 0.25) is 0 Å². The molecule has 3 heteroatoms. The van der Waals surface area contributed by atoms with Crippen molar-refractivity contribution in [3.63, 3.8) is 0 Å². The van der Waals surface area contributed by atoms with E-state index in [0.717, 1.165) is 12.3 Å². The maximum atomic E-state index is 9.28. The number of rotatable bonds is 6. The molecule has 1 rings (SSSR count). The van der Waals surface area contributed by atoms with Crippen molar-refractivity contribution in [2.45, 2.75) is 46.1 Å². The van der Waals surface area contributed by atoms with Gasteiger partial charge in [0.25, 0.3) is 0 Å². The third kappa shape index (κ3) is 4.84. The van der Waals surface area contributed by atoms with Crippen molar-refractivity contribution < 1.29 is 9.84 Å². The zero-order chi connectivity index (χ0) is 14.5. The molecule has 108 valence electrons. The summed E-state index contributed by atoms with van der Waals surface area (Å²) in [6.07, 6.45) is 0. The summed E-state index contributed by atoms with van der Waals surface area (Å²) >= 11 is 0. The van der Waals surface area contributed by atoms with Crippen molar-refractivity contribution in [2.75, 3.05) is 19.8 Å². The van der Waals surface area contributed by atoms with Crippen LogP contribution in [0.4, 0.5) is 0 Å². The summed E-state index contributed by atoms with van der Waals surface area (Å²) in [5.74, 6) is 0.920. The van der Waals surface area contributed by atoms with Crippen molar-refractivity contribution in [1.29, 1.82) is 0 Å². The molecule has 0 aliphatic rings. The zero-order valence-corrected chi connectivity index (χ0v) is 12.8. The normalized spacial score (nSPS) is 13.4. The van der Waals surface area contributed by atoms with Crippen LogP contribution in [0.3, 0.4) is 0 Å². The summed E-state index contributed by atoms with van der Waals surface area (Å²) in [6.45, 7) is 12.0. The first-order valence-electron chi connectivity index (χ1n) is 6.96. The molecule has 0 aliphatic heterocycles. The van der Waals surface area contributed by atoms with Crippen LogP contribution in [0.15, 0.2) is 18.2 Å². The van der Waals surface area contributed by atoms with Crippen LogP contribution in [0.25, 0.3) is 0 Å². The van der Waals surface area contributed by atoms with Crippen molar-refractivity contribution in [2.24, 2.45) is 0 Å². The van der Waals surface area contributed by atoms with Gasteiger partial charge in [0, 0.05) is 0 Å². The van der Waals surface area contributed by atoms with E-state index in [2.05, 4.69) is 51.2 Å². The van der Waals surface area contributed by atoms with Gasteiger partial charge >= 0.3 is 0 Å². The molecule has 0 fully saturated rings. The van der Waals surface area contributed by atoms with Crippen LogP contribution in [-0.2, 0) is 5.41 Å².